The van der Waals surface area contributed by atoms with Crippen LogP contribution in [-0.2, 0) is 0 Å². The molecule has 0 bridgehead atoms. The van der Waals surface area contributed by atoms with Crippen molar-refractivity contribution in [3.05, 3.63) is 29.7 Å². The molecular weight excluding hydrogens is 284 g/mol. The first-order chi connectivity index (χ1) is 11.1. The van der Waals surface area contributed by atoms with Gasteiger partial charge in [0.15, 0.2) is 5.65 Å². The summed E-state index contributed by atoms with van der Waals surface area (Å²) in [6.07, 6.45) is 13.8. The standard InChI is InChI=1S/C19H26N4/c1-19(2)10-5-3-4-7-15(8-6-11-19)17-9-12-23-18(22-17)16(13-20)14-21-23/h9,12,14-15H,3-8,10-11H2,1-2H3. The van der Waals surface area contributed by atoms with Crippen molar-refractivity contribution < 1.29 is 0 Å². The lowest BCUT2D eigenvalue weighted by Crippen LogP contribution is -2.14. The quantitative estimate of drug-likeness (QED) is 0.757. The molecule has 2 aromatic heterocycles. The van der Waals surface area contributed by atoms with E-state index in [-0.39, 0.29) is 0 Å². The lowest BCUT2D eigenvalue weighted by Gasteiger charge is -2.27. The molecule has 2 heterocycles. The molecule has 3 rings (SSSR count). The van der Waals surface area contributed by atoms with Gasteiger partial charge in [0.2, 0.25) is 0 Å². The van der Waals surface area contributed by atoms with Crippen molar-refractivity contribution in [1.29, 1.82) is 5.26 Å². The molecule has 0 radical (unpaired) electrons. The maximum atomic E-state index is 9.19. The maximum Gasteiger partial charge on any atom is 0.173 e. The molecule has 1 fully saturated rings. The minimum absolute atomic E-state index is 0.471. The molecule has 1 saturated carbocycles. The Hall–Kier alpha value is -1.89. The van der Waals surface area contributed by atoms with Crippen LogP contribution < -0.4 is 0 Å². The van der Waals surface area contributed by atoms with Gasteiger partial charge >= 0.3 is 0 Å². The van der Waals surface area contributed by atoms with E-state index in [0.29, 0.717) is 22.5 Å². The van der Waals surface area contributed by atoms with E-state index in [1.54, 1.807) is 10.7 Å². The van der Waals surface area contributed by atoms with E-state index in [1.165, 1.54) is 51.4 Å². The summed E-state index contributed by atoms with van der Waals surface area (Å²) in [6, 6.07) is 4.27. The van der Waals surface area contributed by atoms with Gasteiger partial charge in [-0.1, -0.05) is 39.5 Å². The Kier molecular flexibility index (Phi) is 4.66. The summed E-state index contributed by atoms with van der Waals surface area (Å²) in [5, 5.41) is 13.4. The van der Waals surface area contributed by atoms with Crippen LogP contribution in [0.25, 0.3) is 5.65 Å². The van der Waals surface area contributed by atoms with Crippen molar-refractivity contribution in [2.75, 3.05) is 0 Å². The van der Waals surface area contributed by atoms with Crippen LogP contribution in [0.4, 0.5) is 0 Å². The van der Waals surface area contributed by atoms with E-state index in [4.69, 9.17) is 4.98 Å². The first-order valence-electron chi connectivity index (χ1n) is 8.83. The summed E-state index contributed by atoms with van der Waals surface area (Å²) in [5.41, 5.74) is 2.86. The third kappa shape index (κ3) is 3.72. The van der Waals surface area contributed by atoms with E-state index >= 15 is 0 Å². The van der Waals surface area contributed by atoms with E-state index < -0.39 is 0 Å². The summed E-state index contributed by atoms with van der Waals surface area (Å²) in [5.74, 6) is 0.510. The first-order valence-corrected chi connectivity index (χ1v) is 8.83. The van der Waals surface area contributed by atoms with Crippen LogP contribution in [0.15, 0.2) is 18.5 Å². The molecule has 0 N–H and O–H groups in total. The summed E-state index contributed by atoms with van der Waals surface area (Å²) in [6.45, 7) is 4.80. The number of nitriles is 1. The Balaban J connectivity index is 1.82. The predicted octanol–water partition coefficient (Wildman–Crippen LogP) is 4.85. The van der Waals surface area contributed by atoms with Crippen molar-refractivity contribution in [3.63, 3.8) is 0 Å². The Labute approximate surface area is 138 Å². The number of hydrogen-bond acceptors (Lipinski definition) is 3. The molecule has 2 aromatic rings. The predicted molar refractivity (Wildman–Crippen MR) is 91.2 cm³/mol. The minimum atomic E-state index is 0.471. The van der Waals surface area contributed by atoms with Gasteiger partial charge in [-0.15, -0.1) is 0 Å². The molecule has 1 unspecified atom stereocenters. The van der Waals surface area contributed by atoms with Gasteiger partial charge in [0, 0.05) is 17.8 Å². The zero-order valence-corrected chi connectivity index (χ0v) is 14.3. The highest BCUT2D eigenvalue weighted by Gasteiger charge is 2.21. The third-order valence-electron chi connectivity index (χ3n) is 5.24. The Morgan fingerprint density at radius 3 is 2.78 bits per heavy atom. The second-order valence-electron chi connectivity index (χ2n) is 7.64. The van der Waals surface area contributed by atoms with Gasteiger partial charge in [-0.3, -0.25) is 0 Å². The van der Waals surface area contributed by atoms with Crippen LogP contribution in [0, 0.1) is 16.7 Å². The molecule has 1 aliphatic carbocycles. The zero-order chi connectivity index (χ0) is 16.3. The zero-order valence-electron chi connectivity index (χ0n) is 14.3. The van der Waals surface area contributed by atoms with Crippen molar-refractivity contribution in [1.82, 2.24) is 14.6 Å². The van der Waals surface area contributed by atoms with Crippen LogP contribution in [0.1, 0.15) is 82.4 Å². The average Bonchev–Trinajstić information content (AvgIpc) is 2.95. The van der Waals surface area contributed by atoms with Gasteiger partial charge < -0.3 is 0 Å². The fourth-order valence-corrected chi connectivity index (χ4v) is 3.75. The van der Waals surface area contributed by atoms with Crippen LogP contribution >= 0.6 is 0 Å². The van der Waals surface area contributed by atoms with Crippen molar-refractivity contribution in [2.45, 2.75) is 71.1 Å². The summed E-state index contributed by atoms with van der Waals surface area (Å²) in [4.78, 5) is 4.77. The molecule has 0 spiro atoms. The normalized spacial score (nSPS) is 22.6. The Bertz CT molecular complexity index is 708. The maximum absolute atomic E-state index is 9.19. The molecule has 0 aliphatic heterocycles. The molecule has 1 atom stereocenters. The second kappa shape index (κ2) is 6.70. The first kappa shape index (κ1) is 16.0. The second-order valence-corrected chi connectivity index (χ2v) is 7.64. The largest absolute Gasteiger partial charge is 0.232 e. The lowest BCUT2D eigenvalue weighted by atomic mass is 9.79. The van der Waals surface area contributed by atoms with Crippen LogP contribution in [-0.4, -0.2) is 14.6 Å². The van der Waals surface area contributed by atoms with E-state index in [9.17, 15) is 5.26 Å². The molecule has 0 amide bonds. The number of fused-ring (bicyclic) bond motifs is 1. The number of hydrogen-bond donors (Lipinski definition) is 0. The van der Waals surface area contributed by atoms with Crippen molar-refractivity contribution in [3.8, 4) is 6.07 Å². The summed E-state index contributed by atoms with van der Waals surface area (Å²) in [7, 11) is 0. The highest BCUT2D eigenvalue weighted by Crippen LogP contribution is 2.35. The Morgan fingerprint density at radius 1 is 1.17 bits per heavy atom. The number of aromatic nitrogens is 3. The van der Waals surface area contributed by atoms with Crippen LogP contribution in [0.2, 0.25) is 0 Å². The SMILES string of the molecule is CC1(C)CCCCCC(c2ccn3ncc(C#N)c3n2)CCC1. The van der Waals surface area contributed by atoms with Crippen LogP contribution in [0.5, 0.6) is 0 Å². The van der Waals surface area contributed by atoms with Gasteiger partial charge in [-0.2, -0.15) is 10.4 Å². The molecule has 4 nitrogen and oxygen atoms in total. The molecule has 1 aliphatic rings. The van der Waals surface area contributed by atoms with Crippen LogP contribution in [0.3, 0.4) is 0 Å². The molecular formula is C19H26N4. The topological polar surface area (TPSA) is 54.0 Å². The van der Waals surface area contributed by atoms with Gasteiger partial charge in [-0.05, 0) is 37.2 Å². The van der Waals surface area contributed by atoms with Crippen molar-refractivity contribution >= 4 is 5.65 Å². The summed E-state index contributed by atoms with van der Waals surface area (Å²) >= 11 is 0. The lowest BCUT2D eigenvalue weighted by molar-refractivity contribution is 0.269. The summed E-state index contributed by atoms with van der Waals surface area (Å²) < 4.78 is 1.70. The van der Waals surface area contributed by atoms with Gasteiger partial charge in [0.05, 0.1) is 6.20 Å². The van der Waals surface area contributed by atoms with Gasteiger partial charge in [0.25, 0.3) is 0 Å². The minimum Gasteiger partial charge on any atom is -0.232 e. The number of nitrogens with zero attached hydrogens (tertiary/aromatic N) is 4. The molecule has 122 valence electrons. The fraction of sp³-hybridized carbons (Fsp3) is 0.632. The fourth-order valence-electron chi connectivity index (χ4n) is 3.75. The monoisotopic (exact) mass is 310 g/mol. The molecule has 23 heavy (non-hydrogen) atoms. The molecule has 0 aromatic carbocycles. The molecule has 0 saturated heterocycles. The van der Waals surface area contributed by atoms with E-state index in [0.717, 1.165) is 5.69 Å². The molecule has 4 heteroatoms. The smallest absolute Gasteiger partial charge is 0.173 e. The Morgan fingerprint density at radius 2 is 1.96 bits per heavy atom. The van der Waals surface area contributed by atoms with E-state index in [2.05, 4.69) is 31.1 Å². The third-order valence-corrected chi connectivity index (χ3v) is 5.24. The average molecular weight is 310 g/mol. The highest BCUT2D eigenvalue weighted by atomic mass is 15.2. The number of rotatable bonds is 1. The van der Waals surface area contributed by atoms with Gasteiger partial charge in [0.1, 0.15) is 11.6 Å². The highest BCUT2D eigenvalue weighted by molar-refractivity contribution is 5.53. The van der Waals surface area contributed by atoms with Crippen molar-refractivity contribution in [2.24, 2.45) is 5.41 Å². The van der Waals surface area contributed by atoms with Gasteiger partial charge in [-0.25, -0.2) is 9.50 Å². The van der Waals surface area contributed by atoms with E-state index in [1.807, 2.05) is 6.20 Å².